The highest BCUT2D eigenvalue weighted by molar-refractivity contribution is 7.47. The average Bonchev–Trinajstić information content (AvgIpc) is 3.10. The molecule has 0 rings (SSSR count). The molecule has 0 saturated carbocycles. The molecule has 0 amide bonds. The highest BCUT2D eigenvalue weighted by Gasteiger charge is 2.27. The molecule has 0 aromatic heterocycles. The number of esters is 2. The van der Waals surface area contributed by atoms with Crippen LogP contribution in [0.3, 0.4) is 0 Å². The summed E-state index contributed by atoms with van der Waals surface area (Å²) in [7, 11) is -4.62. The maximum Gasteiger partial charge on any atom is 0.472 e. The largest absolute Gasteiger partial charge is 0.472 e. The second-order valence-electron chi connectivity index (χ2n) is 12.6. The average molecular weight is 729 g/mol. The van der Waals surface area contributed by atoms with Crippen molar-refractivity contribution >= 4 is 19.8 Å². The molecule has 50 heavy (non-hydrogen) atoms. The SMILES string of the molecule is CC/C=C\C/C=C\C/C=C\C/C=C\CCCCCCC(=O)OC(COC(=O)CCCCCCCCCCCC)COP(=O)(O)OCC(O)CO. The minimum atomic E-state index is -4.62. The van der Waals surface area contributed by atoms with Gasteiger partial charge in [0.2, 0.25) is 0 Å². The predicted molar refractivity (Wildman–Crippen MR) is 201 cm³/mol. The molecule has 0 aromatic carbocycles. The van der Waals surface area contributed by atoms with Crippen molar-refractivity contribution in [3.05, 3.63) is 48.6 Å². The van der Waals surface area contributed by atoms with Crippen LogP contribution in [0.2, 0.25) is 0 Å². The van der Waals surface area contributed by atoms with Crippen molar-refractivity contribution in [1.29, 1.82) is 0 Å². The molecular formula is C39H69O10P. The van der Waals surface area contributed by atoms with E-state index in [2.05, 4.69) is 67.0 Å². The molecule has 0 spiro atoms. The topological polar surface area (TPSA) is 149 Å². The van der Waals surface area contributed by atoms with Gasteiger partial charge in [-0.2, -0.15) is 0 Å². The van der Waals surface area contributed by atoms with Gasteiger partial charge in [-0.25, -0.2) is 4.57 Å². The lowest BCUT2D eigenvalue weighted by atomic mass is 10.1. The van der Waals surface area contributed by atoms with Crippen LogP contribution in [0.25, 0.3) is 0 Å². The van der Waals surface area contributed by atoms with Gasteiger partial charge in [-0.1, -0.05) is 133 Å². The number of ether oxygens (including phenoxy) is 2. The Balaban J connectivity index is 4.41. The van der Waals surface area contributed by atoms with Gasteiger partial charge < -0.3 is 24.6 Å². The Morgan fingerprint density at radius 2 is 1.10 bits per heavy atom. The van der Waals surface area contributed by atoms with Crippen LogP contribution in [-0.4, -0.2) is 65.7 Å². The van der Waals surface area contributed by atoms with Crippen LogP contribution in [0.5, 0.6) is 0 Å². The van der Waals surface area contributed by atoms with Crippen molar-refractivity contribution in [3.63, 3.8) is 0 Å². The highest BCUT2D eigenvalue weighted by Crippen LogP contribution is 2.43. The fraction of sp³-hybridized carbons (Fsp3) is 0.744. The third-order valence-corrected chi connectivity index (χ3v) is 8.70. The first-order chi connectivity index (χ1) is 24.2. The number of phosphoric ester groups is 1. The maximum atomic E-state index is 12.5. The number of allylic oxidation sites excluding steroid dienone is 8. The number of rotatable bonds is 35. The Morgan fingerprint density at radius 3 is 1.66 bits per heavy atom. The molecule has 0 aliphatic heterocycles. The van der Waals surface area contributed by atoms with Gasteiger partial charge in [0.1, 0.15) is 12.7 Å². The van der Waals surface area contributed by atoms with E-state index in [1.165, 1.54) is 38.5 Å². The van der Waals surface area contributed by atoms with Crippen LogP contribution in [0.15, 0.2) is 48.6 Å². The maximum absolute atomic E-state index is 12.5. The molecule has 0 bridgehead atoms. The smallest absolute Gasteiger partial charge is 0.462 e. The van der Waals surface area contributed by atoms with Crippen molar-refractivity contribution < 1.29 is 47.8 Å². The lowest BCUT2D eigenvalue weighted by molar-refractivity contribution is -0.161. The van der Waals surface area contributed by atoms with Crippen LogP contribution < -0.4 is 0 Å². The fourth-order valence-corrected chi connectivity index (χ4v) is 5.60. The summed E-state index contributed by atoms with van der Waals surface area (Å²) in [6.45, 7) is 2.20. The van der Waals surface area contributed by atoms with Gasteiger partial charge in [0.15, 0.2) is 6.10 Å². The van der Waals surface area contributed by atoms with E-state index in [0.29, 0.717) is 12.8 Å². The lowest BCUT2D eigenvalue weighted by Crippen LogP contribution is -2.29. The normalized spacial score (nSPS) is 14.6. The number of hydrogen-bond acceptors (Lipinski definition) is 9. The molecule has 0 aliphatic carbocycles. The predicted octanol–water partition coefficient (Wildman–Crippen LogP) is 9.38. The number of phosphoric acid groups is 1. The van der Waals surface area contributed by atoms with Gasteiger partial charge in [-0.15, -0.1) is 0 Å². The van der Waals surface area contributed by atoms with Gasteiger partial charge >= 0.3 is 19.8 Å². The van der Waals surface area contributed by atoms with Gasteiger partial charge in [0.25, 0.3) is 0 Å². The van der Waals surface area contributed by atoms with Crippen LogP contribution in [0, 0.1) is 0 Å². The summed E-state index contributed by atoms with van der Waals surface area (Å²) in [6, 6.07) is 0. The second kappa shape index (κ2) is 35.3. The molecule has 0 radical (unpaired) electrons. The first-order valence-corrected chi connectivity index (χ1v) is 20.6. The number of aliphatic hydroxyl groups excluding tert-OH is 2. The van der Waals surface area contributed by atoms with Gasteiger partial charge in [0.05, 0.1) is 19.8 Å². The van der Waals surface area contributed by atoms with Gasteiger partial charge in [-0.05, 0) is 51.4 Å². The molecule has 0 heterocycles. The quantitative estimate of drug-likeness (QED) is 0.0249. The van der Waals surface area contributed by atoms with Crippen molar-refractivity contribution in [1.82, 2.24) is 0 Å². The van der Waals surface area contributed by atoms with Crippen LogP contribution in [0.4, 0.5) is 0 Å². The Bertz CT molecular complexity index is 978. The fourth-order valence-electron chi connectivity index (χ4n) is 4.81. The summed E-state index contributed by atoms with van der Waals surface area (Å²) in [4.78, 5) is 34.8. The first-order valence-electron chi connectivity index (χ1n) is 19.1. The monoisotopic (exact) mass is 728 g/mol. The van der Waals surface area contributed by atoms with Crippen molar-refractivity contribution in [2.24, 2.45) is 0 Å². The molecule has 290 valence electrons. The molecule has 3 unspecified atom stereocenters. The van der Waals surface area contributed by atoms with E-state index >= 15 is 0 Å². The Labute approximate surface area is 303 Å². The summed E-state index contributed by atoms with van der Waals surface area (Å²) in [5.74, 6) is -0.957. The number of unbranched alkanes of at least 4 members (excludes halogenated alkanes) is 13. The van der Waals surface area contributed by atoms with E-state index in [-0.39, 0.29) is 19.4 Å². The summed E-state index contributed by atoms with van der Waals surface area (Å²) in [5.41, 5.74) is 0. The number of carbonyl (C=O) groups excluding carboxylic acids is 2. The molecule has 10 nitrogen and oxygen atoms in total. The van der Waals surface area contributed by atoms with Crippen LogP contribution in [-0.2, 0) is 32.7 Å². The zero-order valence-electron chi connectivity index (χ0n) is 31.1. The van der Waals surface area contributed by atoms with Crippen LogP contribution in [0.1, 0.15) is 149 Å². The summed E-state index contributed by atoms with van der Waals surface area (Å²) < 4.78 is 32.5. The Kier molecular flexibility index (Phi) is 33.9. The molecule has 0 saturated heterocycles. The first kappa shape index (κ1) is 47.9. The summed E-state index contributed by atoms with van der Waals surface area (Å²) >= 11 is 0. The number of hydrogen-bond donors (Lipinski definition) is 3. The second-order valence-corrected chi connectivity index (χ2v) is 14.0. The molecule has 0 aliphatic rings. The van der Waals surface area contributed by atoms with E-state index < -0.39 is 51.8 Å². The van der Waals surface area contributed by atoms with E-state index in [9.17, 15) is 24.2 Å². The molecule has 3 N–H and O–H groups in total. The Hall–Kier alpha value is -2.07. The summed E-state index contributed by atoms with van der Waals surface area (Å²) in [6.07, 6.45) is 35.1. The molecule has 3 atom stereocenters. The van der Waals surface area contributed by atoms with E-state index in [4.69, 9.17) is 19.1 Å². The van der Waals surface area contributed by atoms with Gasteiger partial charge in [-0.3, -0.25) is 18.6 Å². The molecule has 0 fully saturated rings. The zero-order valence-corrected chi connectivity index (χ0v) is 32.0. The molecular weight excluding hydrogens is 659 g/mol. The minimum absolute atomic E-state index is 0.156. The number of aliphatic hydroxyl groups is 2. The third kappa shape index (κ3) is 34.4. The van der Waals surface area contributed by atoms with E-state index in [1.807, 2.05) is 0 Å². The summed E-state index contributed by atoms with van der Waals surface area (Å²) in [5, 5.41) is 18.3. The molecule has 0 aromatic rings. The number of carbonyl (C=O) groups is 2. The Morgan fingerprint density at radius 1 is 0.620 bits per heavy atom. The van der Waals surface area contributed by atoms with Crippen molar-refractivity contribution in [2.75, 3.05) is 26.4 Å². The van der Waals surface area contributed by atoms with Crippen molar-refractivity contribution in [3.8, 4) is 0 Å². The third-order valence-electron chi connectivity index (χ3n) is 7.75. The highest BCUT2D eigenvalue weighted by atomic mass is 31.2. The van der Waals surface area contributed by atoms with Crippen molar-refractivity contribution in [2.45, 2.75) is 161 Å². The van der Waals surface area contributed by atoms with Crippen LogP contribution >= 0.6 is 7.82 Å². The van der Waals surface area contributed by atoms with E-state index in [0.717, 1.165) is 70.6 Å². The minimum Gasteiger partial charge on any atom is -0.462 e. The van der Waals surface area contributed by atoms with E-state index in [1.54, 1.807) is 0 Å². The van der Waals surface area contributed by atoms with Gasteiger partial charge in [0, 0.05) is 12.8 Å². The standard InChI is InChI=1S/C39H69O10P/c1-3-5-7-9-11-13-15-16-17-18-19-20-21-23-25-27-29-31-39(43)49-37(35-48-50(44,45)47-33-36(41)32-40)34-46-38(42)30-28-26-24-22-14-12-10-8-6-4-2/h5,7,11,13,16-17,19-20,36-37,40-41H,3-4,6,8-10,12,14-15,18,21-35H2,1-2H3,(H,44,45)/b7-5-,13-11-,17-16-,20-19-. The lowest BCUT2D eigenvalue weighted by Gasteiger charge is -2.20. The zero-order chi connectivity index (χ0) is 37.0. The molecule has 11 heteroatoms.